The lowest BCUT2D eigenvalue weighted by Crippen LogP contribution is -2.32. The van der Waals surface area contributed by atoms with Gasteiger partial charge in [0.1, 0.15) is 5.75 Å². The van der Waals surface area contributed by atoms with Crippen molar-refractivity contribution < 1.29 is 27.5 Å². The van der Waals surface area contributed by atoms with Crippen molar-refractivity contribution in [3.63, 3.8) is 0 Å². The van der Waals surface area contributed by atoms with E-state index in [0.29, 0.717) is 4.67 Å². The molecule has 0 atom stereocenters. The second-order valence-corrected chi connectivity index (χ2v) is 5.02. The SMILES string of the molecule is O=C(CNC(=O)c1ccc(Br)o1)Nc1cccc(OC(F)F)c1. The quantitative estimate of drug-likeness (QED) is 0.796. The van der Waals surface area contributed by atoms with E-state index >= 15 is 0 Å². The van der Waals surface area contributed by atoms with Crippen molar-refractivity contribution in [1.29, 1.82) is 0 Å². The molecular formula is C14H11BrF2N2O4. The van der Waals surface area contributed by atoms with Crippen molar-refractivity contribution in [1.82, 2.24) is 5.32 Å². The van der Waals surface area contributed by atoms with Gasteiger partial charge >= 0.3 is 6.61 Å². The first-order valence-corrected chi connectivity index (χ1v) is 7.11. The molecule has 122 valence electrons. The Hall–Kier alpha value is -2.42. The highest BCUT2D eigenvalue weighted by Gasteiger charge is 2.12. The number of carbonyl (C=O) groups excluding carboxylic acids is 2. The van der Waals surface area contributed by atoms with Crippen molar-refractivity contribution in [2.75, 3.05) is 11.9 Å². The lowest BCUT2D eigenvalue weighted by Gasteiger charge is -2.08. The molecule has 6 nitrogen and oxygen atoms in total. The molecule has 0 aliphatic carbocycles. The number of anilines is 1. The number of alkyl halides is 2. The first-order valence-electron chi connectivity index (χ1n) is 6.32. The molecule has 23 heavy (non-hydrogen) atoms. The van der Waals surface area contributed by atoms with Crippen LogP contribution < -0.4 is 15.4 Å². The number of benzene rings is 1. The molecule has 2 amide bonds. The topological polar surface area (TPSA) is 80.6 Å². The molecule has 9 heteroatoms. The number of halogens is 3. The van der Waals surface area contributed by atoms with Gasteiger partial charge in [0.2, 0.25) is 5.91 Å². The second kappa shape index (κ2) is 7.73. The lowest BCUT2D eigenvalue weighted by molar-refractivity contribution is -0.115. The highest BCUT2D eigenvalue weighted by molar-refractivity contribution is 9.10. The summed E-state index contributed by atoms with van der Waals surface area (Å²) in [6.45, 7) is -3.26. The molecule has 0 radical (unpaired) electrons. The predicted octanol–water partition coefficient (Wildman–Crippen LogP) is 3.01. The predicted molar refractivity (Wildman–Crippen MR) is 80.4 cm³/mol. The molecule has 0 aliphatic heterocycles. The number of rotatable bonds is 6. The molecule has 0 saturated carbocycles. The van der Waals surface area contributed by atoms with Crippen molar-refractivity contribution in [3.05, 3.63) is 46.8 Å². The number of nitrogens with one attached hydrogen (secondary N) is 2. The first kappa shape index (κ1) is 16.9. The summed E-state index contributed by atoms with van der Waals surface area (Å²) in [5.74, 6) is -1.11. The fraction of sp³-hybridized carbons (Fsp3) is 0.143. The normalized spacial score (nSPS) is 10.4. The zero-order valence-electron chi connectivity index (χ0n) is 11.5. The minimum Gasteiger partial charge on any atom is -0.444 e. The van der Waals surface area contributed by atoms with Gasteiger partial charge < -0.3 is 19.8 Å². The van der Waals surface area contributed by atoms with Crippen molar-refractivity contribution in [2.24, 2.45) is 0 Å². The van der Waals surface area contributed by atoms with E-state index in [9.17, 15) is 18.4 Å². The molecular weight excluding hydrogens is 378 g/mol. The minimum atomic E-state index is -2.95. The van der Waals surface area contributed by atoms with Crippen LogP contribution in [-0.4, -0.2) is 25.0 Å². The fourth-order valence-electron chi connectivity index (χ4n) is 1.64. The third-order valence-electron chi connectivity index (χ3n) is 2.55. The zero-order chi connectivity index (χ0) is 16.8. The van der Waals surface area contributed by atoms with E-state index in [-0.39, 0.29) is 23.7 Å². The number of furan rings is 1. The molecule has 0 saturated heterocycles. The van der Waals surface area contributed by atoms with E-state index in [1.807, 2.05) is 0 Å². The monoisotopic (exact) mass is 388 g/mol. The number of hydrogen-bond donors (Lipinski definition) is 2. The van der Waals surface area contributed by atoms with E-state index in [1.165, 1.54) is 30.3 Å². The molecule has 1 aromatic carbocycles. The highest BCUT2D eigenvalue weighted by Crippen LogP contribution is 2.19. The van der Waals surface area contributed by atoms with Crippen molar-refractivity contribution >= 4 is 33.4 Å². The maximum Gasteiger partial charge on any atom is 0.387 e. The summed E-state index contributed by atoms with van der Waals surface area (Å²) in [7, 11) is 0. The molecule has 0 aliphatic rings. The highest BCUT2D eigenvalue weighted by atomic mass is 79.9. The van der Waals surface area contributed by atoms with Gasteiger partial charge in [-0.2, -0.15) is 8.78 Å². The number of ether oxygens (including phenoxy) is 1. The summed E-state index contributed by atoms with van der Waals surface area (Å²) in [5, 5.41) is 4.81. The van der Waals surface area contributed by atoms with Crippen LogP contribution in [0.4, 0.5) is 14.5 Å². The smallest absolute Gasteiger partial charge is 0.387 e. The molecule has 2 rings (SSSR count). The van der Waals surface area contributed by atoms with E-state index in [2.05, 4.69) is 31.3 Å². The van der Waals surface area contributed by atoms with Gasteiger partial charge in [-0.3, -0.25) is 9.59 Å². The summed E-state index contributed by atoms with van der Waals surface area (Å²) in [6, 6.07) is 8.52. The van der Waals surface area contributed by atoms with Crippen LogP contribution in [0.1, 0.15) is 10.6 Å². The van der Waals surface area contributed by atoms with Crippen LogP contribution in [0.15, 0.2) is 45.5 Å². The summed E-state index contributed by atoms with van der Waals surface area (Å²) in [4.78, 5) is 23.4. The largest absolute Gasteiger partial charge is 0.444 e. The van der Waals surface area contributed by atoms with Gasteiger partial charge in [-0.15, -0.1) is 0 Å². The van der Waals surface area contributed by atoms with Gasteiger partial charge in [0, 0.05) is 11.8 Å². The summed E-state index contributed by atoms with van der Waals surface area (Å²) < 4.78 is 33.9. The Labute approximate surface area is 137 Å². The number of carbonyl (C=O) groups is 2. The Balaban J connectivity index is 1.86. The van der Waals surface area contributed by atoms with Crippen LogP contribution in [0.3, 0.4) is 0 Å². The average Bonchev–Trinajstić information content (AvgIpc) is 2.91. The van der Waals surface area contributed by atoms with E-state index in [4.69, 9.17) is 4.42 Å². The van der Waals surface area contributed by atoms with Gasteiger partial charge in [-0.05, 0) is 40.2 Å². The molecule has 1 aromatic heterocycles. The van der Waals surface area contributed by atoms with Gasteiger partial charge in [-0.1, -0.05) is 6.07 Å². The lowest BCUT2D eigenvalue weighted by atomic mass is 10.3. The summed E-state index contributed by atoms with van der Waals surface area (Å²) in [5.41, 5.74) is 0.267. The third-order valence-corrected chi connectivity index (χ3v) is 2.98. The van der Waals surface area contributed by atoms with Gasteiger partial charge in [0.15, 0.2) is 10.4 Å². The van der Waals surface area contributed by atoms with Crippen molar-refractivity contribution in [3.8, 4) is 5.75 Å². The van der Waals surface area contributed by atoms with Gasteiger partial charge in [0.25, 0.3) is 5.91 Å². The standard InChI is InChI=1S/C14H11BrF2N2O4/c15-11-5-4-10(23-11)13(21)18-7-12(20)19-8-2-1-3-9(6-8)22-14(16)17/h1-6,14H,7H2,(H,18,21)(H,19,20). The molecule has 0 fully saturated rings. The van der Waals surface area contributed by atoms with E-state index < -0.39 is 18.4 Å². The van der Waals surface area contributed by atoms with Crippen LogP contribution in [0.2, 0.25) is 0 Å². The molecule has 0 spiro atoms. The Morgan fingerprint density at radius 2 is 2.04 bits per heavy atom. The molecule has 2 aromatic rings. The molecule has 0 bridgehead atoms. The van der Waals surface area contributed by atoms with E-state index in [1.54, 1.807) is 6.07 Å². The molecule has 0 unspecified atom stereocenters. The van der Waals surface area contributed by atoms with Crippen LogP contribution in [-0.2, 0) is 4.79 Å². The van der Waals surface area contributed by atoms with Crippen molar-refractivity contribution in [2.45, 2.75) is 6.61 Å². The van der Waals surface area contributed by atoms with Crippen LogP contribution in [0.5, 0.6) is 5.75 Å². The van der Waals surface area contributed by atoms with Gasteiger partial charge in [-0.25, -0.2) is 0 Å². The van der Waals surface area contributed by atoms with Crippen LogP contribution in [0.25, 0.3) is 0 Å². The van der Waals surface area contributed by atoms with Gasteiger partial charge in [0.05, 0.1) is 6.54 Å². The Kier molecular flexibility index (Phi) is 5.69. The number of hydrogen-bond acceptors (Lipinski definition) is 4. The maximum absolute atomic E-state index is 12.1. The first-order chi connectivity index (χ1) is 10.9. The average molecular weight is 389 g/mol. The van der Waals surface area contributed by atoms with Crippen LogP contribution in [0, 0.1) is 0 Å². The third kappa shape index (κ3) is 5.37. The van der Waals surface area contributed by atoms with E-state index in [0.717, 1.165) is 0 Å². The Morgan fingerprint density at radius 3 is 2.70 bits per heavy atom. The zero-order valence-corrected chi connectivity index (χ0v) is 13.1. The second-order valence-electron chi connectivity index (χ2n) is 4.24. The molecule has 1 heterocycles. The fourth-order valence-corrected chi connectivity index (χ4v) is 1.95. The summed E-state index contributed by atoms with van der Waals surface area (Å²) >= 11 is 3.06. The maximum atomic E-state index is 12.1. The minimum absolute atomic E-state index is 0.0528. The Morgan fingerprint density at radius 1 is 1.26 bits per heavy atom. The number of amides is 2. The van der Waals surface area contributed by atoms with Crippen LogP contribution >= 0.6 is 15.9 Å². The molecule has 2 N–H and O–H groups in total. The Bertz CT molecular complexity index is 706. The summed E-state index contributed by atoms with van der Waals surface area (Å²) in [6.07, 6.45) is 0.